The van der Waals surface area contributed by atoms with E-state index in [2.05, 4.69) is 21.2 Å². The summed E-state index contributed by atoms with van der Waals surface area (Å²) in [5, 5.41) is 2.90. The third-order valence-corrected chi connectivity index (χ3v) is 2.87. The van der Waals surface area contributed by atoms with Crippen LogP contribution in [-0.2, 0) is 0 Å². The molecule has 0 amide bonds. The summed E-state index contributed by atoms with van der Waals surface area (Å²) in [4.78, 5) is 0. The first-order valence-corrected chi connectivity index (χ1v) is 5.71. The van der Waals surface area contributed by atoms with Crippen molar-refractivity contribution >= 4 is 15.9 Å². The van der Waals surface area contributed by atoms with Gasteiger partial charge in [0.05, 0.1) is 0 Å². The first-order valence-electron chi connectivity index (χ1n) is 4.92. The van der Waals surface area contributed by atoms with E-state index in [1.165, 1.54) is 0 Å². The number of benzene rings is 1. The second-order valence-corrected chi connectivity index (χ2v) is 4.46. The van der Waals surface area contributed by atoms with Crippen molar-refractivity contribution in [3.05, 3.63) is 34.3 Å². The second kappa shape index (κ2) is 5.68. The molecule has 0 aliphatic rings. The van der Waals surface area contributed by atoms with Crippen molar-refractivity contribution in [3.63, 3.8) is 0 Å². The van der Waals surface area contributed by atoms with Crippen LogP contribution in [0.4, 0.5) is 13.2 Å². The highest BCUT2D eigenvalue weighted by atomic mass is 79.9. The van der Waals surface area contributed by atoms with Crippen molar-refractivity contribution in [2.24, 2.45) is 0 Å². The molecular formula is C11H13BrF3N. The Balaban J connectivity index is 2.64. The van der Waals surface area contributed by atoms with Crippen LogP contribution in [0.2, 0.25) is 0 Å². The van der Waals surface area contributed by atoms with E-state index < -0.39 is 12.6 Å². The SMILES string of the molecule is CNC(CCC(F)(F)F)c1ccc(Br)cc1. The van der Waals surface area contributed by atoms with Crippen molar-refractivity contribution in [2.45, 2.75) is 25.1 Å². The summed E-state index contributed by atoms with van der Waals surface area (Å²) >= 11 is 3.29. The van der Waals surface area contributed by atoms with Gasteiger partial charge in [-0.05, 0) is 31.2 Å². The van der Waals surface area contributed by atoms with E-state index in [0.717, 1.165) is 10.0 Å². The Bertz CT molecular complexity index is 321. The van der Waals surface area contributed by atoms with Gasteiger partial charge in [-0.2, -0.15) is 13.2 Å². The summed E-state index contributed by atoms with van der Waals surface area (Å²) in [6.45, 7) is 0. The van der Waals surface area contributed by atoms with Crippen LogP contribution in [0.15, 0.2) is 28.7 Å². The normalized spacial score (nSPS) is 13.8. The fourth-order valence-electron chi connectivity index (χ4n) is 1.48. The Morgan fingerprint density at radius 1 is 1.25 bits per heavy atom. The zero-order valence-electron chi connectivity index (χ0n) is 8.81. The van der Waals surface area contributed by atoms with Crippen molar-refractivity contribution < 1.29 is 13.2 Å². The zero-order chi connectivity index (χ0) is 12.2. The van der Waals surface area contributed by atoms with E-state index in [4.69, 9.17) is 0 Å². The van der Waals surface area contributed by atoms with Gasteiger partial charge in [0.2, 0.25) is 0 Å². The molecule has 0 fully saturated rings. The molecule has 0 aliphatic heterocycles. The van der Waals surface area contributed by atoms with Gasteiger partial charge in [-0.15, -0.1) is 0 Å². The summed E-state index contributed by atoms with van der Waals surface area (Å²) in [6.07, 6.45) is -4.80. The molecule has 1 rings (SSSR count). The third kappa shape index (κ3) is 4.53. The highest BCUT2D eigenvalue weighted by Crippen LogP contribution is 2.27. The minimum Gasteiger partial charge on any atom is -0.313 e. The van der Waals surface area contributed by atoms with Crippen LogP contribution < -0.4 is 5.32 Å². The van der Waals surface area contributed by atoms with Crippen molar-refractivity contribution in [1.29, 1.82) is 0 Å². The van der Waals surface area contributed by atoms with Crippen molar-refractivity contribution in [2.75, 3.05) is 7.05 Å². The Morgan fingerprint density at radius 2 is 1.81 bits per heavy atom. The molecule has 5 heteroatoms. The quantitative estimate of drug-likeness (QED) is 0.883. The summed E-state index contributed by atoms with van der Waals surface area (Å²) in [5.74, 6) is 0. The van der Waals surface area contributed by atoms with E-state index in [0.29, 0.717) is 0 Å². The molecule has 0 aliphatic carbocycles. The molecular weight excluding hydrogens is 283 g/mol. The van der Waals surface area contributed by atoms with Gasteiger partial charge >= 0.3 is 6.18 Å². The highest BCUT2D eigenvalue weighted by molar-refractivity contribution is 9.10. The molecule has 0 saturated carbocycles. The molecule has 1 N–H and O–H groups in total. The fraction of sp³-hybridized carbons (Fsp3) is 0.455. The maximum absolute atomic E-state index is 12.1. The van der Waals surface area contributed by atoms with Gasteiger partial charge in [0.15, 0.2) is 0 Å². The molecule has 0 bridgehead atoms. The van der Waals surface area contributed by atoms with E-state index >= 15 is 0 Å². The van der Waals surface area contributed by atoms with Crippen LogP contribution in [-0.4, -0.2) is 13.2 Å². The monoisotopic (exact) mass is 295 g/mol. The number of hydrogen-bond acceptors (Lipinski definition) is 1. The predicted molar refractivity (Wildman–Crippen MR) is 61.2 cm³/mol. The van der Waals surface area contributed by atoms with Gasteiger partial charge in [0.1, 0.15) is 0 Å². The van der Waals surface area contributed by atoms with Gasteiger partial charge < -0.3 is 5.32 Å². The Kier molecular flexibility index (Phi) is 4.80. The maximum Gasteiger partial charge on any atom is 0.389 e. The van der Waals surface area contributed by atoms with Crippen molar-refractivity contribution in [1.82, 2.24) is 5.32 Å². The average molecular weight is 296 g/mol. The lowest BCUT2D eigenvalue weighted by molar-refractivity contribution is -0.136. The molecule has 0 spiro atoms. The number of rotatable bonds is 4. The molecule has 90 valence electrons. The van der Waals surface area contributed by atoms with E-state index in [-0.39, 0.29) is 12.5 Å². The molecule has 1 aromatic rings. The Morgan fingerprint density at radius 3 is 2.25 bits per heavy atom. The second-order valence-electron chi connectivity index (χ2n) is 3.55. The van der Waals surface area contributed by atoms with Crippen molar-refractivity contribution in [3.8, 4) is 0 Å². The molecule has 0 radical (unpaired) electrons. The molecule has 1 nitrogen and oxygen atoms in total. The maximum atomic E-state index is 12.1. The van der Waals surface area contributed by atoms with Crippen LogP contribution in [0, 0.1) is 0 Å². The summed E-state index contributed by atoms with van der Waals surface area (Å²) in [5.41, 5.74) is 0.870. The topological polar surface area (TPSA) is 12.0 Å². The standard InChI is InChI=1S/C11H13BrF3N/c1-16-10(6-7-11(13,14)15)8-2-4-9(12)5-3-8/h2-5,10,16H,6-7H2,1H3. The number of alkyl halides is 3. The molecule has 0 heterocycles. The summed E-state index contributed by atoms with van der Waals surface area (Å²) in [6, 6.07) is 7.04. The Labute approximate surface area is 101 Å². The van der Waals surface area contributed by atoms with Crippen LogP contribution in [0.3, 0.4) is 0 Å². The molecule has 1 unspecified atom stereocenters. The first kappa shape index (κ1) is 13.5. The van der Waals surface area contributed by atoms with Crippen LogP contribution in [0.5, 0.6) is 0 Å². The van der Waals surface area contributed by atoms with Gasteiger partial charge in [-0.3, -0.25) is 0 Å². The molecule has 16 heavy (non-hydrogen) atoms. The molecule has 0 aromatic heterocycles. The van der Waals surface area contributed by atoms with Crippen LogP contribution >= 0.6 is 15.9 Å². The lowest BCUT2D eigenvalue weighted by Crippen LogP contribution is -2.19. The lowest BCUT2D eigenvalue weighted by atomic mass is 10.0. The molecule has 1 aromatic carbocycles. The fourth-order valence-corrected chi connectivity index (χ4v) is 1.75. The third-order valence-electron chi connectivity index (χ3n) is 2.34. The number of nitrogens with one attached hydrogen (secondary N) is 1. The summed E-state index contributed by atoms with van der Waals surface area (Å²) < 4.78 is 37.2. The smallest absolute Gasteiger partial charge is 0.313 e. The average Bonchev–Trinajstić information content (AvgIpc) is 2.20. The zero-order valence-corrected chi connectivity index (χ0v) is 10.4. The van der Waals surface area contributed by atoms with Gasteiger partial charge in [-0.25, -0.2) is 0 Å². The summed E-state index contributed by atoms with van der Waals surface area (Å²) in [7, 11) is 1.67. The van der Waals surface area contributed by atoms with Gasteiger partial charge in [0.25, 0.3) is 0 Å². The largest absolute Gasteiger partial charge is 0.389 e. The van der Waals surface area contributed by atoms with Gasteiger partial charge in [0, 0.05) is 16.9 Å². The van der Waals surface area contributed by atoms with Gasteiger partial charge in [-0.1, -0.05) is 28.1 Å². The van der Waals surface area contributed by atoms with E-state index in [9.17, 15) is 13.2 Å². The van der Waals surface area contributed by atoms with E-state index in [1.54, 1.807) is 7.05 Å². The number of hydrogen-bond donors (Lipinski definition) is 1. The number of halogens is 4. The van der Waals surface area contributed by atoms with E-state index in [1.807, 2.05) is 24.3 Å². The van der Waals surface area contributed by atoms with Crippen LogP contribution in [0.1, 0.15) is 24.4 Å². The highest BCUT2D eigenvalue weighted by Gasteiger charge is 2.28. The molecule has 0 saturated heterocycles. The predicted octanol–water partition coefficient (Wildman–Crippen LogP) is 4.05. The lowest BCUT2D eigenvalue weighted by Gasteiger charge is -2.17. The first-order chi connectivity index (χ1) is 7.42. The minimum absolute atomic E-state index is 0.0572. The van der Waals surface area contributed by atoms with Crippen LogP contribution in [0.25, 0.3) is 0 Å². The Hall–Kier alpha value is -0.550. The minimum atomic E-state index is -4.09. The molecule has 1 atom stereocenters.